The summed E-state index contributed by atoms with van der Waals surface area (Å²) in [6, 6.07) is 20.5. The molecule has 2 fully saturated rings. The van der Waals surface area contributed by atoms with Crippen LogP contribution in [0.15, 0.2) is 60.7 Å². The SMILES string of the molecule is COc1ccc2cc(C3(O)CCC(OCc4ccccc4OC)CC3CN3CCN(C)CC3)ccc2c1. The van der Waals surface area contributed by atoms with Crippen LogP contribution in [-0.2, 0) is 16.9 Å². The smallest absolute Gasteiger partial charge is 0.124 e. The molecule has 2 aliphatic rings. The summed E-state index contributed by atoms with van der Waals surface area (Å²) in [7, 11) is 5.57. The Morgan fingerprint density at radius 3 is 2.46 bits per heavy atom. The molecule has 0 aromatic heterocycles. The Hall–Kier alpha value is -2.64. The molecule has 3 aromatic rings. The van der Waals surface area contributed by atoms with Crippen LogP contribution in [0.1, 0.15) is 30.4 Å². The highest BCUT2D eigenvalue weighted by atomic mass is 16.5. The molecule has 1 saturated carbocycles. The van der Waals surface area contributed by atoms with Gasteiger partial charge in [0.15, 0.2) is 0 Å². The van der Waals surface area contributed by atoms with Crippen LogP contribution in [0.2, 0.25) is 0 Å². The summed E-state index contributed by atoms with van der Waals surface area (Å²) >= 11 is 0. The quantitative estimate of drug-likeness (QED) is 0.481. The summed E-state index contributed by atoms with van der Waals surface area (Å²) in [5.74, 6) is 1.79. The molecular formula is C31H40N2O4. The highest BCUT2D eigenvalue weighted by molar-refractivity contribution is 5.84. The Morgan fingerprint density at radius 2 is 1.68 bits per heavy atom. The van der Waals surface area contributed by atoms with Crippen LogP contribution in [0.4, 0.5) is 0 Å². The highest BCUT2D eigenvalue weighted by Crippen LogP contribution is 2.44. The summed E-state index contributed by atoms with van der Waals surface area (Å²) in [5, 5.41) is 14.5. The summed E-state index contributed by atoms with van der Waals surface area (Å²) in [4.78, 5) is 4.89. The number of nitrogens with zero attached hydrogens (tertiary/aromatic N) is 2. The van der Waals surface area contributed by atoms with Crippen molar-refractivity contribution in [1.29, 1.82) is 0 Å². The van der Waals surface area contributed by atoms with Gasteiger partial charge in [0, 0.05) is 44.2 Å². The van der Waals surface area contributed by atoms with E-state index >= 15 is 0 Å². The molecule has 3 atom stereocenters. The number of methoxy groups -OCH3 is 2. The Bertz CT molecular complexity index is 1190. The first-order chi connectivity index (χ1) is 18.0. The molecule has 198 valence electrons. The van der Waals surface area contributed by atoms with E-state index in [9.17, 15) is 5.11 Å². The monoisotopic (exact) mass is 504 g/mol. The van der Waals surface area contributed by atoms with Crippen LogP contribution < -0.4 is 9.47 Å². The fourth-order valence-corrected chi connectivity index (χ4v) is 5.96. The third-order valence-corrected chi connectivity index (χ3v) is 8.36. The summed E-state index contributed by atoms with van der Waals surface area (Å²) in [6.45, 7) is 5.60. The number of ether oxygens (including phenoxy) is 3. The molecule has 6 heteroatoms. The van der Waals surface area contributed by atoms with Crippen LogP contribution in [0.25, 0.3) is 10.8 Å². The fraction of sp³-hybridized carbons (Fsp3) is 0.484. The van der Waals surface area contributed by atoms with Crippen LogP contribution >= 0.6 is 0 Å². The van der Waals surface area contributed by atoms with E-state index in [4.69, 9.17) is 14.2 Å². The standard InChI is InChI=1S/C31H40N2O4/c1-32-14-16-33(17-15-32)21-27-20-29(37-22-25-6-4-5-7-30(25)36-3)12-13-31(27,34)26-10-8-24-19-28(35-2)11-9-23(24)18-26/h4-11,18-19,27,29,34H,12-17,20-22H2,1-3H3. The van der Waals surface area contributed by atoms with Crippen molar-refractivity contribution < 1.29 is 19.3 Å². The Balaban J connectivity index is 1.37. The first-order valence-electron chi connectivity index (χ1n) is 13.4. The van der Waals surface area contributed by atoms with Crippen molar-refractivity contribution in [1.82, 2.24) is 9.80 Å². The molecule has 0 radical (unpaired) electrons. The van der Waals surface area contributed by atoms with Gasteiger partial charge in [-0.2, -0.15) is 0 Å². The van der Waals surface area contributed by atoms with Gasteiger partial charge >= 0.3 is 0 Å². The van der Waals surface area contributed by atoms with Crippen LogP contribution in [0.5, 0.6) is 11.5 Å². The summed E-state index contributed by atoms with van der Waals surface area (Å²) in [6.07, 6.45) is 2.45. The number of likely N-dealkylation sites (N-methyl/N-ethyl adjacent to an activating group) is 1. The van der Waals surface area contributed by atoms with Gasteiger partial charge in [-0.25, -0.2) is 0 Å². The molecule has 0 spiro atoms. The molecule has 37 heavy (non-hydrogen) atoms. The van der Waals surface area contributed by atoms with E-state index in [1.807, 2.05) is 30.3 Å². The summed E-state index contributed by atoms with van der Waals surface area (Å²) < 4.78 is 17.4. The number of rotatable bonds is 8. The maximum Gasteiger partial charge on any atom is 0.124 e. The largest absolute Gasteiger partial charge is 0.497 e. The maximum absolute atomic E-state index is 12.3. The average Bonchev–Trinajstić information content (AvgIpc) is 2.94. The number of fused-ring (bicyclic) bond motifs is 1. The van der Waals surface area contributed by atoms with Crippen molar-refractivity contribution in [2.45, 2.75) is 37.6 Å². The van der Waals surface area contributed by atoms with Gasteiger partial charge in [0.2, 0.25) is 0 Å². The number of piperazine rings is 1. The Kier molecular flexibility index (Phi) is 8.01. The van der Waals surface area contributed by atoms with Gasteiger partial charge < -0.3 is 29.1 Å². The van der Waals surface area contributed by atoms with Crippen LogP contribution in [-0.4, -0.2) is 75.0 Å². The Morgan fingerprint density at radius 1 is 0.919 bits per heavy atom. The highest BCUT2D eigenvalue weighted by Gasteiger charge is 2.44. The van der Waals surface area contributed by atoms with Gasteiger partial charge in [0.05, 0.1) is 32.5 Å². The molecule has 0 bridgehead atoms. The zero-order chi connectivity index (χ0) is 25.8. The van der Waals surface area contributed by atoms with Crippen molar-refractivity contribution >= 4 is 10.8 Å². The first-order valence-corrected chi connectivity index (χ1v) is 13.4. The lowest BCUT2D eigenvalue weighted by atomic mass is 9.70. The zero-order valence-corrected chi connectivity index (χ0v) is 22.4. The van der Waals surface area contributed by atoms with Crippen molar-refractivity contribution in [2.24, 2.45) is 5.92 Å². The number of aliphatic hydroxyl groups is 1. The van der Waals surface area contributed by atoms with Gasteiger partial charge in [-0.05, 0) is 66.9 Å². The van der Waals surface area contributed by atoms with Gasteiger partial charge in [-0.3, -0.25) is 0 Å². The minimum Gasteiger partial charge on any atom is -0.497 e. The number of benzene rings is 3. The molecule has 0 amide bonds. The van der Waals surface area contributed by atoms with E-state index in [1.165, 1.54) is 0 Å². The predicted molar refractivity (Wildman–Crippen MR) is 147 cm³/mol. The first kappa shape index (κ1) is 26.0. The molecule has 6 nitrogen and oxygen atoms in total. The number of para-hydroxylation sites is 1. The van der Waals surface area contributed by atoms with Gasteiger partial charge in [0.1, 0.15) is 11.5 Å². The van der Waals surface area contributed by atoms with Gasteiger partial charge in [0.25, 0.3) is 0 Å². The van der Waals surface area contributed by atoms with Gasteiger partial charge in [-0.1, -0.05) is 36.4 Å². The van der Waals surface area contributed by atoms with E-state index in [-0.39, 0.29) is 12.0 Å². The van der Waals surface area contributed by atoms with Crippen molar-refractivity contribution in [2.75, 3.05) is 54.0 Å². The van der Waals surface area contributed by atoms with Crippen molar-refractivity contribution in [3.63, 3.8) is 0 Å². The molecule has 1 heterocycles. The second kappa shape index (κ2) is 11.4. The molecule has 1 aliphatic carbocycles. The second-order valence-electron chi connectivity index (χ2n) is 10.7. The molecule has 1 N–H and O–H groups in total. The van der Waals surface area contributed by atoms with E-state index < -0.39 is 5.60 Å². The molecule has 3 unspecified atom stereocenters. The fourth-order valence-electron chi connectivity index (χ4n) is 5.96. The van der Waals surface area contributed by atoms with Crippen molar-refractivity contribution in [3.8, 4) is 11.5 Å². The molecule has 1 aliphatic heterocycles. The predicted octanol–water partition coefficient (Wildman–Crippen LogP) is 4.68. The van der Waals surface area contributed by atoms with Gasteiger partial charge in [-0.15, -0.1) is 0 Å². The zero-order valence-electron chi connectivity index (χ0n) is 22.4. The van der Waals surface area contributed by atoms with E-state index in [0.29, 0.717) is 13.0 Å². The molecule has 5 rings (SSSR count). The van der Waals surface area contributed by atoms with Crippen LogP contribution in [0, 0.1) is 5.92 Å². The lowest BCUT2D eigenvalue weighted by Gasteiger charge is -2.46. The number of hydrogen-bond acceptors (Lipinski definition) is 6. The van der Waals surface area contributed by atoms with Crippen molar-refractivity contribution in [3.05, 3.63) is 71.8 Å². The third-order valence-electron chi connectivity index (χ3n) is 8.36. The molecule has 1 saturated heterocycles. The summed E-state index contributed by atoms with van der Waals surface area (Å²) in [5.41, 5.74) is 1.18. The number of hydrogen-bond donors (Lipinski definition) is 1. The second-order valence-corrected chi connectivity index (χ2v) is 10.7. The van der Waals surface area contributed by atoms with E-state index in [2.05, 4.69) is 47.2 Å². The van der Waals surface area contributed by atoms with E-state index in [1.54, 1.807) is 14.2 Å². The third kappa shape index (κ3) is 5.78. The topological polar surface area (TPSA) is 54.4 Å². The average molecular weight is 505 g/mol. The normalized spacial score (nSPS) is 25.3. The van der Waals surface area contributed by atoms with E-state index in [0.717, 1.165) is 79.0 Å². The molecule has 3 aromatic carbocycles. The lowest BCUT2D eigenvalue weighted by molar-refractivity contribution is -0.114. The Labute approximate surface area is 220 Å². The van der Waals surface area contributed by atoms with Crippen LogP contribution in [0.3, 0.4) is 0 Å². The minimum absolute atomic E-state index is 0.0861. The lowest BCUT2D eigenvalue weighted by Crippen LogP contribution is -2.52. The molecular weight excluding hydrogens is 464 g/mol. The minimum atomic E-state index is -0.887. The maximum atomic E-state index is 12.3.